The number of hydrogen-bond donors (Lipinski definition) is 1. The Morgan fingerprint density at radius 3 is 2.47 bits per heavy atom. The summed E-state index contributed by atoms with van der Waals surface area (Å²) in [6.45, 7) is 1.78. The predicted octanol–water partition coefficient (Wildman–Crippen LogP) is 3.30. The fourth-order valence-corrected chi connectivity index (χ4v) is 2.36. The second-order valence-corrected chi connectivity index (χ2v) is 4.78. The SMILES string of the molecule is O=C(O)/C=C/c1ccc(N2CCCCCC2)c(F)c1. The Labute approximate surface area is 112 Å². The Hall–Kier alpha value is -1.84. The van der Waals surface area contributed by atoms with Crippen molar-refractivity contribution in [2.24, 2.45) is 0 Å². The molecule has 0 spiro atoms. The molecule has 102 valence electrons. The molecule has 2 rings (SSSR count). The molecule has 1 aromatic carbocycles. The van der Waals surface area contributed by atoms with Gasteiger partial charge in [-0.25, -0.2) is 9.18 Å². The quantitative estimate of drug-likeness (QED) is 0.851. The van der Waals surface area contributed by atoms with Crippen LogP contribution in [-0.2, 0) is 4.79 Å². The number of nitrogens with zero attached hydrogens (tertiary/aromatic N) is 1. The van der Waals surface area contributed by atoms with E-state index in [1.165, 1.54) is 25.0 Å². The zero-order chi connectivity index (χ0) is 13.7. The van der Waals surface area contributed by atoms with E-state index in [1.54, 1.807) is 12.1 Å². The number of anilines is 1. The molecule has 19 heavy (non-hydrogen) atoms. The molecule has 1 fully saturated rings. The van der Waals surface area contributed by atoms with Gasteiger partial charge in [-0.15, -0.1) is 0 Å². The van der Waals surface area contributed by atoms with Crippen molar-refractivity contribution in [2.45, 2.75) is 25.7 Å². The zero-order valence-electron chi connectivity index (χ0n) is 10.8. The summed E-state index contributed by atoms with van der Waals surface area (Å²) in [6.07, 6.45) is 7.02. The van der Waals surface area contributed by atoms with Gasteiger partial charge in [-0.3, -0.25) is 0 Å². The van der Waals surface area contributed by atoms with Crippen LogP contribution >= 0.6 is 0 Å². The van der Waals surface area contributed by atoms with Crippen LogP contribution in [0.25, 0.3) is 6.08 Å². The molecular weight excluding hydrogens is 245 g/mol. The third kappa shape index (κ3) is 3.81. The normalized spacial score (nSPS) is 16.6. The van der Waals surface area contributed by atoms with Crippen molar-refractivity contribution in [3.63, 3.8) is 0 Å². The van der Waals surface area contributed by atoms with Gasteiger partial charge >= 0.3 is 5.97 Å². The van der Waals surface area contributed by atoms with Gasteiger partial charge in [0.25, 0.3) is 0 Å². The minimum Gasteiger partial charge on any atom is -0.478 e. The van der Waals surface area contributed by atoms with Crippen LogP contribution in [0.2, 0.25) is 0 Å². The highest BCUT2D eigenvalue weighted by Crippen LogP contribution is 2.24. The summed E-state index contributed by atoms with van der Waals surface area (Å²) in [4.78, 5) is 12.5. The van der Waals surface area contributed by atoms with Crippen LogP contribution in [0.3, 0.4) is 0 Å². The summed E-state index contributed by atoms with van der Waals surface area (Å²) in [6, 6.07) is 4.88. The van der Waals surface area contributed by atoms with Crippen LogP contribution < -0.4 is 4.90 Å². The number of halogens is 1. The summed E-state index contributed by atoms with van der Waals surface area (Å²) in [7, 11) is 0. The summed E-state index contributed by atoms with van der Waals surface area (Å²) in [5, 5.41) is 8.55. The smallest absolute Gasteiger partial charge is 0.328 e. The molecule has 4 heteroatoms. The van der Waals surface area contributed by atoms with Crippen molar-refractivity contribution in [1.82, 2.24) is 0 Å². The maximum atomic E-state index is 14.1. The number of benzene rings is 1. The van der Waals surface area contributed by atoms with E-state index in [-0.39, 0.29) is 5.82 Å². The van der Waals surface area contributed by atoms with Crippen LogP contribution in [-0.4, -0.2) is 24.2 Å². The minimum absolute atomic E-state index is 0.283. The molecule has 3 nitrogen and oxygen atoms in total. The Morgan fingerprint density at radius 2 is 1.89 bits per heavy atom. The molecule has 0 atom stereocenters. The number of carboxylic acids is 1. The number of aliphatic carboxylic acids is 1. The predicted molar refractivity (Wildman–Crippen MR) is 73.8 cm³/mol. The van der Waals surface area contributed by atoms with Crippen molar-refractivity contribution < 1.29 is 14.3 Å². The summed E-state index contributed by atoms with van der Waals surface area (Å²) in [5.74, 6) is -1.31. The molecule has 1 aliphatic heterocycles. The molecule has 1 aliphatic rings. The molecule has 0 radical (unpaired) electrons. The van der Waals surface area contributed by atoms with Crippen LogP contribution in [0.1, 0.15) is 31.2 Å². The second-order valence-electron chi connectivity index (χ2n) is 4.78. The van der Waals surface area contributed by atoms with E-state index in [1.807, 2.05) is 0 Å². The molecule has 1 N–H and O–H groups in total. The van der Waals surface area contributed by atoms with Gasteiger partial charge in [-0.1, -0.05) is 18.9 Å². The summed E-state index contributed by atoms with van der Waals surface area (Å²) >= 11 is 0. The third-order valence-electron chi connectivity index (χ3n) is 3.34. The molecule has 0 unspecified atom stereocenters. The maximum Gasteiger partial charge on any atom is 0.328 e. The molecule has 1 heterocycles. The highest BCUT2D eigenvalue weighted by Gasteiger charge is 2.13. The fraction of sp³-hybridized carbons (Fsp3) is 0.400. The zero-order valence-corrected chi connectivity index (χ0v) is 10.8. The molecule has 0 saturated carbocycles. The maximum absolute atomic E-state index is 14.1. The summed E-state index contributed by atoms with van der Waals surface area (Å²) < 4.78 is 14.1. The van der Waals surface area contributed by atoms with E-state index >= 15 is 0 Å². The van der Waals surface area contributed by atoms with Gasteiger partial charge in [0, 0.05) is 19.2 Å². The van der Waals surface area contributed by atoms with Gasteiger partial charge in [-0.05, 0) is 36.6 Å². The van der Waals surface area contributed by atoms with Gasteiger partial charge in [0.05, 0.1) is 5.69 Å². The third-order valence-corrected chi connectivity index (χ3v) is 3.34. The van der Waals surface area contributed by atoms with Crippen molar-refractivity contribution >= 4 is 17.7 Å². The van der Waals surface area contributed by atoms with E-state index in [4.69, 9.17) is 5.11 Å². The largest absolute Gasteiger partial charge is 0.478 e. The summed E-state index contributed by atoms with van der Waals surface area (Å²) in [5.41, 5.74) is 1.19. The molecule has 1 saturated heterocycles. The first-order chi connectivity index (χ1) is 9.16. The van der Waals surface area contributed by atoms with Gasteiger partial charge in [0.2, 0.25) is 0 Å². The van der Waals surface area contributed by atoms with Crippen LogP contribution in [0, 0.1) is 5.82 Å². The first kappa shape index (κ1) is 13.6. The van der Waals surface area contributed by atoms with Gasteiger partial charge < -0.3 is 10.0 Å². The van der Waals surface area contributed by atoms with Crippen LogP contribution in [0.5, 0.6) is 0 Å². The first-order valence-corrected chi connectivity index (χ1v) is 6.62. The lowest BCUT2D eigenvalue weighted by Gasteiger charge is -2.23. The van der Waals surface area contributed by atoms with Crippen molar-refractivity contribution in [1.29, 1.82) is 0 Å². The van der Waals surface area contributed by atoms with Gasteiger partial charge in [0.15, 0.2) is 0 Å². The lowest BCUT2D eigenvalue weighted by molar-refractivity contribution is -0.131. The molecule has 0 aromatic heterocycles. The van der Waals surface area contributed by atoms with Crippen LogP contribution in [0.15, 0.2) is 24.3 Å². The monoisotopic (exact) mass is 263 g/mol. The number of carbonyl (C=O) groups is 1. The lowest BCUT2D eigenvalue weighted by Crippen LogP contribution is -2.24. The Balaban J connectivity index is 2.16. The van der Waals surface area contributed by atoms with E-state index in [0.717, 1.165) is 32.0 Å². The Morgan fingerprint density at radius 1 is 1.21 bits per heavy atom. The second kappa shape index (κ2) is 6.36. The topological polar surface area (TPSA) is 40.5 Å². The minimum atomic E-state index is -1.03. The van der Waals surface area contributed by atoms with Gasteiger partial charge in [-0.2, -0.15) is 0 Å². The van der Waals surface area contributed by atoms with Crippen molar-refractivity contribution in [3.8, 4) is 0 Å². The molecule has 0 amide bonds. The molecule has 0 aliphatic carbocycles. The van der Waals surface area contributed by atoms with Crippen molar-refractivity contribution in [3.05, 3.63) is 35.7 Å². The van der Waals surface area contributed by atoms with Crippen molar-refractivity contribution in [2.75, 3.05) is 18.0 Å². The highest BCUT2D eigenvalue weighted by molar-refractivity contribution is 5.85. The molecular formula is C15H18FNO2. The number of hydrogen-bond acceptors (Lipinski definition) is 2. The van der Waals surface area contributed by atoms with E-state index in [9.17, 15) is 9.18 Å². The molecule has 0 bridgehead atoms. The first-order valence-electron chi connectivity index (χ1n) is 6.62. The Kier molecular flexibility index (Phi) is 4.55. The highest BCUT2D eigenvalue weighted by atomic mass is 19.1. The number of rotatable bonds is 3. The van der Waals surface area contributed by atoms with Crippen LogP contribution in [0.4, 0.5) is 10.1 Å². The number of carboxylic acid groups (broad SMARTS) is 1. The lowest BCUT2D eigenvalue weighted by atomic mass is 10.1. The van der Waals surface area contributed by atoms with E-state index in [0.29, 0.717) is 11.3 Å². The van der Waals surface area contributed by atoms with E-state index in [2.05, 4.69) is 4.90 Å². The fourth-order valence-electron chi connectivity index (χ4n) is 2.36. The standard InChI is InChI=1S/C15H18FNO2/c16-13-11-12(6-8-15(18)19)5-7-14(13)17-9-3-1-2-4-10-17/h5-8,11H,1-4,9-10H2,(H,18,19)/b8-6+. The average Bonchev–Trinajstić information content (AvgIpc) is 2.65. The average molecular weight is 263 g/mol. The molecule has 1 aromatic rings. The van der Waals surface area contributed by atoms with E-state index < -0.39 is 5.97 Å². The Bertz CT molecular complexity index is 477. The van der Waals surface area contributed by atoms with Gasteiger partial charge in [0.1, 0.15) is 5.82 Å².